The molecule has 1 amide bonds. The highest BCUT2D eigenvalue weighted by atomic mass is 35.5. The molecule has 0 radical (unpaired) electrons. The first-order valence-corrected chi connectivity index (χ1v) is 10.7. The highest BCUT2D eigenvalue weighted by Crippen LogP contribution is 2.36. The molecular weight excluding hydrogens is 448 g/mol. The number of amides is 1. The van der Waals surface area contributed by atoms with Crippen LogP contribution in [0.3, 0.4) is 0 Å². The Balaban J connectivity index is 1.69. The minimum absolute atomic E-state index is 0.0342. The molecule has 0 aliphatic carbocycles. The van der Waals surface area contributed by atoms with E-state index in [1.54, 1.807) is 0 Å². The summed E-state index contributed by atoms with van der Waals surface area (Å²) < 4.78 is 78.9. The van der Waals surface area contributed by atoms with Gasteiger partial charge in [-0.05, 0) is 49.2 Å². The summed E-state index contributed by atoms with van der Waals surface area (Å²) in [7, 11) is -4.18. The molecule has 1 N–H and O–H groups in total. The Kier molecular flexibility index (Phi) is 6.40. The van der Waals surface area contributed by atoms with Crippen molar-refractivity contribution < 1.29 is 30.8 Å². The first-order chi connectivity index (χ1) is 14.0. The predicted molar refractivity (Wildman–Crippen MR) is 103 cm³/mol. The molecule has 1 aliphatic heterocycles. The van der Waals surface area contributed by atoms with Crippen molar-refractivity contribution in [3.8, 4) is 0 Å². The Morgan fingerprint density at radius 2 is 1.77 bits per heavy atom. The van der Waals surface area contributed by atoms with Crippen LogP contribution >= 0.6 is 11.6 Å². The number of anilines is 1. The predicted octanol–water partition coefficient (Wildman–Crippen LogP) is 4.54. The van der Waals surface area contributed by atoms with Crippen LogP contribution in [0.4, 0.5) is 23.2 Å². The molecular formula is C19H17ClF4N2O3S. The van der Waals surface area contributed by atoms with E-state index < -0.39 is 43.4 Å². The number of halogens is 5. The summed E-state index contributed by atoms with van der Waals surface area (Å²) in [6, 6.07) is 7.81. The zero-order valence-electron chi connectivity index (χ0n) is 15.4. The van der Waals surface area contributed by atoms with Gasteiger partial charge in [0.05, 0.1) is 15.5 Å². The lowest BCUT2D eigenvalue weighted by Crippen LogP contribution is -2.41. The Bertz CT molecular complexity index is 1050. The number of hydrogen-bond donors (Lipinski definition) is 1. The first kappa shape index (κ1) is 22.5. The molecule has 162 valence electrons. The SMILES string of the molecule is O=C(Nc1cccc(F)c1)C1CCN(S(=O)(=O)c2ccc(Cl)c(C(F)(F)F)c2)CC1. The molecule has 5 nitrogen and oxygen atoms in total. The van der Waals surface area contributed by atoms with E-state index in [9.17, 15) is 30.8 Å². The van der Waals surface area contributed by atoms with Gasteiger partial charge >= 0.3 is 6.18 Å². The van der Waals surface area contributed by atoms with E-state index in [0.717, 1.165) is 22.5 Å². The van der Waals surface area contributed by atoms with Crippen LogP contribution in [0.2, 0.25) is 5.02 Å². The Morgan fingerprint density at radius 1 is 1.10 bits per heavy atom. The van der Waals surface area contributed by atoms with E-state index >= 15 is 0 Å². The Hall–Kier alpha value is -2.17. The van der Waals surface area contributed by atoms with Crippen molar-refractivity contribution in [2.24, 2.45) is 5.92 Å². The summed E-state index contributed by atoms with van der Waals surface area (Å²) in [5, 5.41) is 1.99. The zero-order chi connectivity index (χ0) is 22.1. The third kappa shape index (κ3) is 4.93. The maximum atomic E-state index is 13.2. The van der Waals surface area contributed by atoms with Crippen LogP contribution in [0.1, 0.15) is 18.4 Å². The number of alkyl halides is 3. The number of hydrogen-bond acceptors (Lipinski definition) is 3. The number of nitrogens with one attached hydrogen (secondary N) is 1. The van der Waals surface area contributed by atoms with Gasteiger partial charge in [-0.2, -0.15) is 17.5 Å². The van der Waals surface area contributed by atoms with Crippen molar-refractivity contribution in [3.05, 3.63) is 58.9 Å². The van der Waals surface area contributed by atoms with E-state index in [1.165, 1.54) is 18.2 Å². The molecule has 1 heterocycles. The molecule has 1 saturated heterocycles. The van der Waals surface area contributed by atoms with E-state index in [1.807, 2.05) is 0 Å². The number of rotatable bonds is 4. The van der Waals surface area contributed by atoms with E-state index in [-0.39, 0.29) is 37.5 Å². The van der Waals surface area contributed by atoms with Crippen LogP contribution in [0.5, 0.6) is 0 Å². The third-order valence-electron chi connectivity index (χ3n) is 4.80. The minimum atomic E-state index is -4.79. The van der Waals surface area contributed by atoms with E-state index in [0.29, 0.717) is 6.07 Å². The second-order valence-electron chi connectivity index (χ2n) is 6.82. The third-order valence-corrected chi connectivity index (χ3v) is 7.02. The fourth-order valence-corrected chi connectivity index (χ4v) is 4.92. The van der Waals surface area contributed by atoms with Gasteiger partial charge in [-0.15, -0.1) is 0 Å². The molecule has 0 unspecified atom stereocenters. The molecule has 3 rings (SSSR count). The average molecular weight is 465 g/mol. The molecule has 2 aromatic rings. The molecule has 2 aromatic carbocycles. The van der Waals surface area contributed by atoms with Crippen molar-refractivity contribution in [2.45, 2.75) is 23.9 Å². The lowest BCUT2D eigenvalue weighted by molar-refractivity contribution is -0.137. The molecule has 0 aromatic heterocycles. The summed E-state index contributed by atoms with van der Waals surface area (Å²) in [6.07, 6.45) is -4.43. The number of carbonyl (C=O) groups excluding carboxylic acids is 1. The van der Waals surface area contributed by atoms with Crippen molar-refractivity contribution in [1.29, 1.82) is 0 Å². The summed E-state index contributed by atoms with van der Waals surface area (Å²) in [5.41, 5.74) is -0.939. The zero-order valence-corrected chi connectivity index (χ0v) is 17.0. The van der Waals surface area contributed by atoms with Gasteiger partial charge < -0.3 is 5.32 Å². The van der Waals surface area contributed by atoms with Crippen molar-refractivity contribution in [3.63, 3.8) is 0 Å². The second kappa shape index (κ2) is 8.52. The number of benzene rings is 2. The maximum absolute atomic E-state index is 13.2. The highest BCUT2D eigenvalue weighted by Gasteiger charge is 2.37. The van der Waals surface area contributed by atoms with Crippen LogP contribution in [0, 0.1) is 11.7 Å². The van der Waals surface area contributed by atoms with E-state index in [2.05, 4.69) is 5.32 Å². The van der Waals surface area contributed by atoms with Crippen molar-refractivity contribution in [2.75, 3.05) is 18.4 Å². The van der Waals surface area contributed by atoms with Crippen LogP contribution in [-0.2, 0) is 21.0 Å². The van der Waals surface area contributed by atoms with Gasteiger partial charge in [-0.1, -0.05) is 17.7 Å². The van der Waals surface area contributed by atoms with Gasteiger partial charge in [0.1, 0.15) is 5.82 Å². The first-order valence-electron chi connectivity index (χ1n) is 8.92. The average Bonchev–Trinajstić information content (AvgIpc) is 2.67. The van der Waals surface area contributed by atoms with Gasteiger partial charge in [0.15, 0.2) is 0 Å². The highest BCUT2D eigenvalue weighted by molar-refractivity contribution is 7.89. The minimum Gasteiger partial charge on any atom is -0.326 e. The number of piperidine rings is 1. The Morgan fingerprint density at radius 3 is 2.37 bits per heavy atom. The largest absolute Gasteiger partial charge is 0.417 e. The summed E-state index contributed by atoms with van der Waals surface area (Å²) in [5.74, 6) is -1.38. The smallest absolute Gasteiger partial charge is 0.326 e. The van der Waals surface area contributed by atoms with Gasteiger partial charge in [0, 0.05) is 24.7 Å². The normalized spacial score (nSPS) is 16.4. The molecule has 0 atom stereocenters. The van der Waals surface area contributed by atoms with Crippen LogP contribution < -0.4 is 5.32 Å². The molecule has 30 heavy (non-hydrogen) atoms. The van der Waals surface area contributed by atoms with E-state index in [4.69, 9.17) is 11.6 Å². The topological polar surface area (TPSA) is 66.5 Å². The fraction of sp³-hybridized carbons (Fsp3) is 0.316. The molecule has 1 fully saturated rings. The molecule has 0 spiro atoms. The van der Waals surface area contributed by atoms with Crippen molar-refractivity contribution >= 4 is 33.2 Å². The number of sulfonamides is 1. The van der Waals surface area contributed by atoms with Crippen molar-refractivity contribution in [1.82, 2.24) is 4.31 Å². The second-order valence-corrected chi connectivity index (χ2v) is 9.16. The van der Waals surface area contributed by atoms with Crippen LogP contribution in [0.15, 0.2) is 47.4 Å². The lowest BCUT2D eigenvalue weighted by Gasteiger charge is -2.30. The summed E-state index contributed by atoms with van der Waals surface area (Å²) in [4.78, 5) is 11.8. The van der Waals surface area contributed by atoms with Crippen LogP contribution in [0.25, 0.3) is 0 Å². The van der Waals surface area contributed by atoms with Crippen LogP contribution in [-0.4, -0.2) is 31.7 Å². The molecule has 0 saturated carbocycles. The Labute approximate surface area is 175 Å². The lowest BCUT2D eigenvalue weighted by atomic mass is 9.97. The van der Waals surface area contributed by atoms with Gasteiger partial charge in [0.2, 0.25) is 15.9 Å². The molecule has 0 bridgehead atoms. The standard InChI is InChI=1S/C19H17ClF4N2O3S/c20-17-5-4-15(11-16(17)19(22,23)24)30(28,29)26-8-6-12(7-9-26)18(27)25-14-3-1-2-13(21)10-14/h1-5,10-12H,6-9H2,(H,25,27). The fourth-order valence-electron chi connectivity index (χ4n) is 3.20. The van der Waals surface area contributed by atoms with Gasteiger partial charge in [-0.25, -0.2) is 12.8 Å². The van der Waals surface area contributed by atoms with Gasteiger partial charge in [0.25, 0.3) is 0 Å². The number of carbonyl (C=O) groups is 1. The molecule has 1 aliphatic rings. The maximum Gasteiger partial charge on any atom is 0.417 e. The van der Waals surface area contributed by atoms with Gasteiger partial charge in [-0.3, -0.25) is 4.79 Å². The summed E-state index contributed by atoms with van der Waals surface area (Å²) in [6.45, 7) is -0.0684. The monoisotopic (exact) mass is 464 g/mol. The molecule has 11 heteroatoms. The summed E-state index contributed by atoms with van der Waals surface area (Å²) >= 11 is 5.55. The number of nitrogens with zero attached hydrogens (tertiary/aromatic N) is 1. The quantitative estimate of drug-likeness (QED) is 0.676.